The third-order valence-corrected chi connectivity index (χ3v) is 4.18. The maximum atomic E-state index is 5.03. The van der Waals surface area contributed by atoms with Crippen molar-refractivity contribution in [3.63, 3.8) is 0 Å². The van der Waals surface area contributed by atoms with E-state index in [1.165, 1.54) is 25.8 Å². The Morgan fingerprint density at radius 3 is 3.00 bits per heavy atom. The highest BCUT2D eigenvalue weighted by Gasteiger charge is 2.20. The number of benzene rings is 1. The van der Waals surface area contributed by atoms with Crippen LogP contribution in [0.1, 0.15) is 29.9 Å². The highest BCUT2D eigenvalue weighted by Crippen LogP contribution is 2.31. The SMILES string of the molecule is COCCNCCN(C)CC1CCCc2ccccc21. The van der Waals surface area contributed by atoms with Crippen molar-refractivity contribution in [2.45, 2.75) is 25.2 Å². The van der Waals surface area contributed by atoms with Gasteiger partial charge in [-0.25, -0.2) is 0 Å². The van der Waals surface area contributed by atoms with Crippen molar-refractivity contribution in [2.24, 2.45) is 0 Å². The van der Waals surface area contributed by atoms with Crippen LogP contribution in [0.5, 0.6) is 0 Å². The molecule has 1 aliphatic carbocycles. The molecule has 0 fully saturated rings. The minimum Gasteiger partial charge on any atom is -0.383 e. The summed E-state index contributed by atoms with van der Waals surface area (Å²) in [4.78, 5) is 2.45. The van der Waals surface area contributed by atoms with E-state index < -0.39 is 0 Å². The summed E-state index contributed by atoms with van der Waals surface area (Å²) in [5.41, 5.74) is 3.15. The predicted molar refractivity (Wildman–Crippen MR) is 84.4 cm³/mol. The molecule has 0 radical (unpaired) electrons. The highest BCUT2D eigenvalue weighted by molar-refractivity contribution is 5.32. The van der Waals surface area contributed by atoms with Crippen LogP contribution in [0.2, 0.25) is 0 Å². The van der Waals surface area contributed by atoms with Gasteiger partial charge in [0.25, 0.3) is 0 Å². The second-order valence-corrected chi connectivity index (χ2v) is 5.79. The molecule has 1 N–H and O–H groups in total. The van der Waals surface area contributed by atoms with E-state index in [9.17, 15) is 0 Å². The van der Waals surface area contributed by atoms with E-state index in [1.807, 2.05) is 0 Å². The molecular weight excluding hydrogens is 248 g/mol. The van der Waals surface area contributed by atoms with E-state index in [-0.39, 0.29) is 0 Å². The van der Waals surface area contributed by atoms with Gasteiger partial charge in [0.2, 0.25) is 0 Å². The molecule has 0 heterocycles. The summed E-state index contributed by atoms with van der Waals surface area (Å²) in [7, 11) is 3.98. The lowest BCUT2D eigenvalue weighted by atomic mass is 9.82. The Morgan fingerprint density at radius 1 is 1.30 bits per heavy atom. The fourth-order valence-corrected chi connectivity index (χ4v) is 3.08. The second-order valence-electron chi connectivity index (χ2n) is 5.79. The van der Waals surface area contributed by atoms with Crippen molar-refractivity contribution in [3.8, 4) is 0 Å². The van der Waals surface area contributed by atoms with Gasteiger partial charge in [-0.3, -0.25) is 0 Å². The monoisotopic (exact) mass is 276 g/mol. The van der Waals surface area contributed by atoms with Crippen LogP contribution in [0.25, 0.3) is 0 Å². The number of nitrogens with one attached hydrogen (secondary N) is 1. The lowest BCUT2D eigenvalue weighted by Crippen LogP contribution is -2.34. The number of aryl methyl sites for hydroxylation is 1. The molecule has 1 aliphatic rings. The molecule has 0 saturated heterocycles. The molecule has 0 saturated carbocycles. The minimum absolute atomic E-state index is 0.712. The molecule has 1 aromatic rings. The van der Waals surface area contributed by atoms with Crippen molar-refractivity contribution < 1.29 is 4.74 Å². The number of methoxy groups -OCH3 is 1. The second kappa shape index (κ2) is 8.40. The van der Waals surface area contributed by atoms with E-state index >= 15 is 0 Å². The number of ether oxygens (including phenoxy) is 1. The van der Waals surface area contributed by atoms with Crippen LogP contribution < -0.4 is 5.32 Å². The topological polar surface area (TPSA) is 24.5 Å². The summed E-state index contributed by atoms with van der Waals surface area (Å²) in [5, 5.41) is 3.41. The molecule has 0 bridgehead atoms. The highest BCUT2D eigenvalue weighted by atomic mass is 16.5. The van der Waals surface area contributed by atoms with Gasteiger partial charge in [-0.2, -0.15) is 0 Å². The Balaban J connectivity index is 1.76. The number of rotatable bonds is 8. The van der Waals surface area contributed by atoms with Crippen molar-refractivity contribution in [3.05, 3.63) is 35.4 Å². The van der Waals surface area contributed by atoms with Crippen LogP contribution >= 0.6 is 0 Å². The molecule has 2 rings (SSSR count). The zero-order valence-electron chi connectivity index (χ0n) is 12.9. The van der Waals surface area contributed by atoms with Crippen LogP contribution in [-0.2, 0) is 11.2 Å². The summed E-state index contributed by atoms with van der Waals surface area (Å²) in [6.45, 7) is 5.04. The van der Waals surface area contributed by atoms with Gasteiger partial charge in [0.15, 0.2) is 0 Å². The van der Waals surface area contributed by atoms with Crippen molar-refractivity contribution in [1.82, 2.24) is 10.2 Å². The molecule has 1 atom stereocenters. The number of fused-ring (bicyclic) bond motifs is 1. The number of hydrogen-bond acceptors (Lipinski definition) is 3. The summed E-state index contributed by atoms with van der Waals surface area (Å²) in [6.07, 6.45) is 3.93. The van der Waals surface area contributed by atoms with Crippen LogP contribution in [-0.4, -0.2) is 51.8 Å². The molecule has 112 valence electrons. The van der Waals surface area contributed by atoms with E-state index in [1.54, 1.807) is 18.2 Å². The molecular formula is C17H28N2O. The third kappa shape index (κ3) is 4.58. The van der Waals surface area contributed by atoms with Crippen LogP contribution in [0.15, 0.2) is 24.3 Å². The van der Waals surface area contributed by atoms with Gasteiger partial charge in [0.1, 0.15) is 0 Å². The van der Waals surface area contributed by atoms with Crippen molar-refractivity contribution >= 4 is 0 Å². The molecule has 20 heavy (non-hydrogen) atoms. The number of likely N-dealkylation sites (N-methyl/N-ethyl adjacent to an activating group) is 1. The molecule has 0 spiro atoms. The van der Waals surface area contributed by atoms with Gasteiger partial charge in [-0.05, 0) is 43.4 Å². The Hall–Kier alpha value is -0.900. The molecule has 1 unspecified atom stereocenters. The van der Waals surface area contributed by atoms with Gasteiger partial charge < -0.3 is 15.0 Å². The Labute approximate surface area is 123 Å². The lowest BCUT2D eigenvalue weighted by molar-refractivity contribution is 0.197. The molecule has 3 nitrogen and oxygen atoms in total. The summed E-state index contributed by atoms with van der Waals surface area (Å²) >= 11 is 0. The lowest BCUT2D eigenvalue weighted by Gasteiger charge is -2.29. The van der Waals surface area contributed by atoms with E-state index in [0.717, 1.165) is 26.2 Å². The smallest absolute Gasteiger partial charge is 0.0587 e. The van der Waals surface area contributed by atoms with E-state index in [2.05, 4.69) is 41.5 Å². The fourth-order valence-electron chi connectivity index (χ4n) is 3.08. The van der Waals surface area contributed by atoms with Crippen LogP contribution in [0.4, 0.5) is 0 Å². The maximum absolute atomic E-state index is 5.03. The third-order valence-electron chi connectivity index (χ3n) is 4.18. The summed E-state index contributed by atoms with van der Waals surface area (Å²) in [6, 6.07) is 8.98. The zero-order valence-corrected chi connectivity index (χ0v) is 12.9. The Kier molecular flexibility index (Phi) is 6.51. The average Bonchev–Trinajstić information content (AvgIpc) is 2.47. The first-order valence-corrected chi connectivity index (χ1v) is 7.77. The quantitative estimate of drug-likeness (QED) is 0.737. The number of hydrogen-bond donors (Lipinski definition) is 1. The van der Waals surface area contributed by atoms with Gasteiger partial charge in [-0.1, -0.05) is 24.3 Å². The average molecular weight is 276 g/mol. The Morgan fingerprint density at radius 2 is 2.15 bits per heavy atom. The van der Waals surface area contributed by atoms with Crippen LogP contribution in [0.3, 0.4) is 0 Å². The first-order valence-electron chi connectivity index (χ1n) is 7.77. The van der Waals surface area contributed by atoms with E-state index in [4.69, 9.17) is 4.74 Å². The van der Waals surface area contributed by atoms with Gasteiger partial charge >= 0.3 is 0 Å². The van der Waals surface area contributed by atoms with Crippen LogP contribution in [0, 0.1) is 0 Å². The van der Waals surface area contributed by atoms with E-state index in [0.29, 0.717) is 5.92 Å². The molecule has 0 aliphatic heterocycles. The Bertz CT molecular complexity index is 394. The van der Waals surface area contributed by atoms with Gasteiger partial charge in [0.05, 0.1) is 6.61 Å². The predicted octanol–water partition coefficient (Wildman–Crippen LogP) is 2.27. The molecule has 0 amide bonds. The van der Waals surface area contributed by atoms with Crippen molar-refractivity contribution in [1.29, 1.82) is 0 Å². The normalized spacial score (nSPS) is 18.2. The minimum atomic E-state index is 0.712. The summed E-state index contributed by atoms with van der Waals surface area (Å²) in [5.74, 6) is 0.712. The molecule has 1 aromatic carbocycles. The van der Waals surface area contributed by atoms with Gasteiger partial charge in [-0.15, -0.1) is 0 Å². The largest absolute Gasteiger partial charge is 0.383 e. The maximum Gasteiger partial charge on any atom is 0.0587 e. The van der Waals surface area contributed by atoms with Gasteiger partial charge in [0, 0.05) is 33.3 Å². The number of nitrogens with zero attached hydrogens (tertiary/aromatic N) is 1. The molecule has 3 heteroatoms. The molecule has 0 aromatic heterocycles. The summed E-state index contributed by atoms with van der Waals surface area (Å²) < 4.78 is 5.03. The first kappa shape index (κ1) is 15.5. The fraction of sp³-hybridized carbons (Fsp3) is 0.647. The zero-order chi connectivity index (χ0) is 14.2. The standard InChI is InChI=1S/C17H28N2O/c1-19(12-10-18-11-13-20-2)14-16-8-5-7-15-6-3-4-9-17(15)16/h3-4,6,9,16,18H,5,7-8,10-14H2,1-2H3. The van der Waals surface area contributed by atoms with Crippen molar-refractivity contribution in [2.75, 3.05) is 46.9 Å². The first-order chi connectivity index (χ1) is 9.81.